The summed E-state index contributed by atoms with van der Waals surface area (Å²) in [5.41, 5.74) is 9.25. The lowest BCUT2D eigenvalue weighted by Crippen LogP contribution is -2.00. The van der Waals surface area contributed by atoms with Gasteiger partial charge in [-0.25, -0.2) is 0 Å². The Bertz CT molecular complexity index is 537. The molecule has 100 valence electrons. The van der Waals surface area contributed by atoms with Gasteiger partial charge in [-0.1, -0.05) is 47.1 Å². The van der Waals surface area contributed by atoms with E-state index in [-0.39, 0.29) is 0 Å². The summed E-state index contributed by atoms with van der Waals surface area (Å²) in [6, 6.07) is 14.4. The van der Waals surface area contributed by atoms with Gasteiger partial charge in [-0.15, -0.1) is 0 Å². The molecule has 0 saturated carbocycles. The van der Waals surface area contributed by atoms with Gasteiger partial charge in [-0.05, 0) is 41.3 Å². The third-order valence-electron chi connectivity index (χ3n) is 3.07. The maximum absolute atomic E-state index is 5.79. The third-order valence-corrected chi connectivity index (χ3v) is 3.85. The number of ether oxygens (including phenoxy) is 1. The fourth-order valence-corrected chi connectivity index (χ4v) is 2.24. The van der Waals surface area contributed by atoms with Crippen LogP contribution in [0.5, 0.6) is 5.75 Å². The molecule has 19 heavy (non-hydrogen) atoms. The van der Waals surface area contributed by atoms with Crippen LogP contribution in [0.2, 0.25) is 0 Å². The normalized spacial score (nSPS) is 10.5. The van der Waals surface area contributed by atoms with Crippen molar-refractivity contribution in [3.63, 3.8) is 0 Å². The first-order valence-electron chi connectivity index (χ1n) is 6.42. The van der Waals surface area contributed by atoms with Crippen molar-refractivity contribution in [3.8, 4) is 5.75 Å². The van der Waals surface area contributed by atoms with Crippen LogP contribution in [0.25, 0.3) is 0 Å². The first kappa shape index (κ1) is 14.1. The van der Waals surface area contributed by atoms with Crippen molar-refractivity contribution < 1.29 is 4.74 Å². The Morgan fingerprint density at radius 2 is 1.74 bits per heavy atom. The summed E-state index contributed by atoms with van der Waals surface area (Å²) in [6.07, 6.45) is 1.06. The van der Waals surface area contributed by atoms with E-state index < -0.39 is 0 Å². The molecule has 0 atom stereocenters. The molecule has 0 aliphatic heterocycles. The number of halogens is 1. The Kier molecular flexibility index (Phi) is 5.00. The van der Waals surface area contributed by atoms with Crippen LogP contribution in [-0.2, 0) is 19.6 Å². The average Bonchev–Trinajstić information content (AvgIpc) is 2.47. The van der Waals surface area contributed by atoms with E-state index in [1.165, 1.54) is 11.1 Å². The molecule has 0 aromatic heterocycles. The Morgan fingerprint density at radius 3 is 2.37 bits per heavy atom. The molecule has 0 radical (unpaired) electrons. The maximum atomic E-state index is 5.79. The second-order valence-electron chi connectivity index (χ2n) is 4.42. The number of hydrogen-bond donors (Lipinski definition) is 1. The van der Waals surface area contributed by atoms with Crippen LogP contribution in [-0.4, -0.2) is 0 Å². The molecule has 0 unspecified atom stereocenters. The molecule has 0 aliphatic carbocycles. The summed E-state index contributed by atoms with van der Waals surface area (Å²) in [5, 5.41) is 0. The largest absolute Gasteiger partial charge is 0.489 e. The van der Waals surface area contributed by atoms with Crippen molar-refractivity contribution in [2.45, 2.75) is 26.5 Å². The number of hydrogen-bond acceptors (Lipinski definition) is 2. The van der Waals surface area contributed by atoms with Crippen molar-refractivity contribution in [2.24, 2.45) is 5.73 Å². The molecule has 0 fully saturated rings. The van der Waals surface area contributed by atoms with Crippen LogP contribution in [0, 0.1) is 0 Å². The lowest BCUT2D eigenvalue weighted by Gasteiger charge is -2.09. The standard InChI is InChI=1S/C16H18BrNO/c1-2-12-3-5-13(6-4-12)11-19-15-7-8-16(17)14(9-15)10-18/h3-9H,2,10-11,18H2,1H3. The summed E-state index contributed by atoms with van der Waals surface area (Å²) < 4.78 is 6.81. The number of nitrogens with two attached hydrogens (primary N) is 1. The van der Waals surface area contributed by atoms with Crippen molar-refractivity contribution in [1.82, 2.24) is 0 Å². The van der Waals surface area contributed by atoms with Gasteiger partial charge in [0, 0.05) is 11.0 Å². The lowest BCUT2D eigenvalue weighted by molar-refractivity contribution is 0.306. The molecule has 2 N–H and O–H groups in total. The van der Waals surface area contributed by atoms with E-state index in [4.69, 9.17) is 10.5 Å². The summed E-state index contributed by atoms with van der Waals surface area (Å²) in [7, 11) is 0. The summed E-state index contributed by atoms with van der Waals surface area (Å²) in [5.74, 6) is 0.850. The Labute approximate surface area is 122 Å². The van der Waals surface area contributed by atoms with Crippen LogP contribution in [0.1, 0.15) is 23.6 Å². The van der Waals surface area contributed by atoms with Gasteiger partial charge in [0.05, 0.1) is 0 Å². The van der Waals surface area contributed by atoms with Crippen LogP contribution in [0.3, 0.4) is 0 Å². The highest BCUT2D eigenvalue weighted by Crippen LogP contribution is 2.23. The number of aryl methyl sites for hydroxylation is 1. The molecule has 2 aromatic rings. The molecule has 0 amide bonds. The van der Waals surface area contributed by atoms with Crippen LogP contribution < -0.4 is 10.5 Å². The summed E-state index contributed by atoms with van der Waals surface area (Å²) in [4.78, 5) is 0. The van der Waals surface area contributed by atoms with E-state index >= 15 is 0 Å². The molecule has 0 heterocycles. The molecule has 0 bridgehead atoms. The molecular weight excluding hydrogens is 302 g/mol. The van der Waals surface area contributed by atoms with Crippen LogP contribution >= 0.6 is 15.9 Å². The summed E-state index contributed by atoms with van der Waals surface area (Å²) >= 11 is 3.47. The average molecular weight is 320 g/mol. The van der Waals surface area contributed by atoms with Gasteiger partial charge in [0.1, 0.15) is 12.4 Å². The molecule has 0 saturated heterocycles. The monoisotopic (exact) mass is 319 g/mol. The third kappa shape index (κ3) is 3.82. The zero-order chi connectivity index (χ0) is 13.7. The van der Waals surface area contributed by atoms with Gasteiger partial charge in [0.25, 0.3) is 0 Å². The van der Waals surface area contributed by atoms with Crippen molar-refractivity contribution in [3.05, 3.63) is 63.6 Å². The van der Waals surface area contributed by atoms with Gasteiger partial charge in [0.2, 0.25) is 0 Å². The van der Waals surface area contributed by atoms with Gasteiger partial charge in [0.15, 0.2) is 0 Å². The summed E-state index contributed by atoms with van der Waals surface area (Å²) in [6.45, 7) is 3.24. The van der Waals surface area contributed by atoms with Crippen molar-refractivity contribution in [2.75, 3.05) is 0 Å². The minimum atomic E-state index is 0.503. The van der Waals surface area contributed by atoms with E-state index in [0.717, 1.165) is 22.2 Å². The first-order valence-corrected chi connectivity index (χ1v) is 7.21. The molecule has 0 aliphatic rings. The Morgan fingerprint density at radius 1 is 1.05 bits per heavy atom. The smallest absolute Gasteiger partial charge is 0.120 e. The van der Waals surface area contributed by atoms with E-state index in [1.807, 2.05) is 18.2 Å². The topological polar surface area (TPSA) is 35.2 Å². The first-order chi connectivity index (χ1) is 9.22. The Hall–Kier alpha value is -1.32. The molecule has 2 aromatic carbocycles. The van der Waals surface area contributed by atoms with Gasteiger partial charge >= 0.3 is 0 Å². The molecule has 0 spiro atoms. The highest BCUT2D eigenvalue weighted by Gasteiger charge is 2.01. The van der Waals surface area contributed by atoms with Crippen molar-refractivity contribution in [1.29, 1.82) is 0 Å². The molecule has 2 nitrogen and oxygen atoms in total. The minimum Gasteiger partial charge on any atom is -0.489 e. The van der Waals surface area contributed by atoms with E-state index in [9.17, 15) is 0 Å². The minimum absolute atomic E-state index is 0.503. The predicted octanol–water partition coefficient (Wildman–Crippen LogP) is 4.05. The SMILES string of the molecule is CCc1ccc(COc2ccc(Br)c(CN)c2)cc1. The van der Waals surface area contributed by atoms with Crippen molar-refractivity contribution >= 4 is 15.9 Å². The Balaban J connectivity index is 2.01. The highest BCUT2D eigenvalue weighted by molar-refractivity contribution is 9.10. The second kappa shape index (κ2) is 6.73. The van der Waals surface area contributed by atoms with E-state index in [1.54, 1.807) is 0 Å². The fourth-order valence-electron chi connectivity index (χ4n) is 1.84. The van der Waals surface area contributed by atoms with Gasteiger partial charge in [-0.2, -0.15) is 0 Å². The van der Waals surface area contributed by atoms with Gasteiger partial charge in [-0.3, -0.25) is 0 Å². The maximum Gasteiger partial charge on any atom is 0.120 e. The van der Waals surface area contributed by atoms with Crippen LogP contribution in [0.4, 0.5) is 0 Å². The zero-order valence-corrected chi connectivity index (χ0v) is 12.6. The zero-order valence-electron chi connectivity index (χ0n) is 11.0. The van der Waals surface area contributed by atoms with E-state index in [2.05, 4.69) is 47.1 Å². The quantitative estimate of drug-likeness (QED) is 0.902. The lowest BCUT2D eigenvalue weighted by atomic mass is 10.1. The second-order valence-corrected chi connectivity index (χ2v) is 5.27. The van der Waals surface area contributed by atoms with Gasteiger partial charge < -0.3 is 10.5 Å². The highest BCUT2D eigenvalue weighted by atomic mass is 79.9. The fraction of sp³-hybridized carbons (Fsp3) is 0.250. The predicted molar refractivity (Wildman–Crippen MR) is 82.2 cm³/mol. The molecular formula is C16H18BrNO. The molecule has 2 rings (SSSR count). The number of benzene rings is 2. The van der Waals surface area contributed by atoms with Crippen LogP contribution in [0.15, 0.2) is 46.9 Å². The number of rotatable bonds is 5. The van der Waals surface area contributed by atoms with E-state index in [0.29, 0.717) is 13.2 Å². The molecule has 3 heteroatoms.